The predicted octanol–water partition coefficient (Wildman–Crippen LogP) is 1.76. The lowest BCUT2D eigenvalue weighted by Crippen LogP contribution is -2.43. The standard InChI is InChI=1S/C15H24N4O3/c1-3-5-12-10-13(20)18-14(17-12)16-11-6-8-19(9-7-11)15(21)22-4-2/h10-11H,3-9H2,1-2H3,(H2,16,17,18,20). The van der Waals surface area contributed by atoms with Crippen molar-refractivity contribution in [3.63, 3.8) is 0 Å². The van der Waals surface area contributed by atoms with Gasteiger partial charge in [0.1, 0.15) is 0 Å². The molecule has 1 aromatic rings. The van der Waals surface area contributed by atoms with Gasteiger partial charge in [-0.15, -0.1) is 0 Å². The molecule has 0 atom stereocenters. The third kappa shape index (κ3) is 4.47. The van der Waals surface area contributed by atoms with Gasteiger partial charge in [0.15, 0.2) is 0 Å². The Morgan fingerprint density at radius 1 is 1.45 bits per heavy atom. The summed E-state index contributed by atoms with van der Waals surface area (Å²) in [5.74, 6) is 0.519. The Morgan fingerprint density at radius 2 is 2.18 bits per heavy atom. The van der Waals surface area contributed by atoms with E-state index in [1.165, 1.54) is 6.07 Å². The average Bonchev–Trinajstić information content (AvgIpc) is 2.48. The van der Waals surface area contributed by atoms with Crippen LogP contribution in [0.4, 0.5) is 10.7 Å². The second-order valence-corrected chi connectivity index (χ2v) is 5.44. The fourth-order valence-electron chi connectivity index (χ4n) is 2.58. The van der Waals surface area contributed by atoms with E-state index in [0.29, 0.717) is 25.6 Å². The van der Waals surface area contributed by atoms with Crippen LogP contribution in [0.1, 0.15) is 38.8 Å². The molecule has 122 valence electrons. The molecular formula is C15H24N4O3. The van der Waals surface area contributed by atoms with E-state index in [1.54, 1.807) is 11.8 Å². The Balaban J connectivity index is 1.90. The largest absolute Gasteiger partial charge is 0.450 e. The molecule has 1 aliphatic heterocycles. The first-order valence-electron chi connectivity index (χ1n) is 7.90. The van der Waals surface area contributed by atoms with Crippen LogP contribution in [0.5, 0.6) is 0 Å². The number of nitrogens with one attached hydrogen (secondary N) is 2. The molecule has 2 rings (SSSR count). The lowest BCUT2D eigenvalue weighted by atomic mass is 10.1. The van der Waals surface area contributed by atoms with Crippen LogP contribution in [0.3, 0.4) is 0 Å². The van der Waals surface area contributed by atoms with Gasteiger partial charge in [-0.3, -0.25) is 9.78 Å². The summed E-state index contributed by atoms with van der Waals surface area (Å²) in [5, 5.41) is 3.27. The van der Waals surface area contributed by atoms with Crippen LogP contribution >= 0.6 is 0 Å². The van der Waals surface area contributed by atoms with Gasteiger partial charge in [0, 0.05) is 30.9 Å². The van der Waals surface area contributed by atoms with E-state index in [1.807, 2.05) is 0 Å². The van der Waals surface area contributed by atoms with Crippen LogP contribution in [0.2, 0.25) is 0 Å². The lowest BCUT2D eigenvalue weighted by Gasteiger charge is -2.31. The van der Waals surface area contributed by atoms with E-state index < -0.39 is 0 Å². The van der Waals surface area contributed by atoms with E-state index in [9.17, 15) is 9.59 Å². The van der Waals surface area contributed by atoms with E-state index in [-0.39, 0.29) is 17.7 Å². The number of amides is 1. The Morgan fingerprint density at radius 3 is 2.82 bits per heavy atom. The van der Waals surface area contributed by atoms with Gasteiger partial charge < -0.3 is 15.0 Å². The van der Waals surface area contributed by atoms with Gasteiger partial charge in [-0.05, 0) is 26.2 Å². The maximum atomic E-state index is 11.6. The number of piperidine rings is 1. The third-order valence-electron chi connectivity index (χ3n) is 3.66. The van der Waals surface area contributed by atoms with Crippen LogP contribution in [0.15, 0.2) is 10.9 Å². The fraction of sp³-hybridized carbons (Fsp3) is 0.667. The molecule has 1 aliphatic rings. The summed E-state index contributed by atoms with van der Waals surface area (Å²) >= 11 is 0. The van der Waals surface area contributed by atoms with Crippen molar-refractivity contribution in [2.45, 2.75) is 45.6 Å². The molecule has 0 aromatic carbocycles. The number of H-pyrrole nitrogens is 1. The molecule has 0 bridgehead atoms. The van der Waals surface area contributed by atoms with Gasteiger partial charge in [0.05, 0.1) is 6.61 Å². The van der Waals surface area contributed by atoms with Gasteiger partial charge in [-0.25, -0.2) is 9.78 Å². The van der Waals surface area contributed by atoms with Crippen molar-refractivity contribution < 1.29 is 9.53 Å². The molecule has 7 heteroatoms. The predicted molar refractivity (Wildman–Crippen MR) is 84.1 cm³/mol. The molecule has 0 unspecified atom stereocenters. The quantitative estimate of drug-likeness (QED) is 0.865. The van der Waals surface area contributed by atoms with Gasteiger partial charge in [-0.2, -0.15) is 0 Å². The number of carbonyl (C=O) groups excluding carboxylic acids is 1. The number of aromatic amines is 1. The monoisotopic (exact) mass is 308 g/mol. The number of hydrogen-bond acceptors (Lipinski definition) is 5. The second-order valence-electron chi connectivity index (χ2n) is 5.44. The maximum Gasteiger partial charge on any atom is 0.409 e. The normalized spacial score (nSPS) is 15.6. The summed E-state index contributed by atoms with van der Waals surface area (Å²) in [5.41, 5.74) is 0.669. The molecule has 0 aliphatic carbocycles. The zero-order valence-corrected chi connectivity index (χ0v) is 13.2. The van der Waals surface area contributed by atoms with Crippen LogP contribution in [-0.2, 0) is 11.2 Å². The number of carbonyl (C=O) groups is 1. The minimum Gasteiger partial charge on any atom is -0.450 e. The number of nitrogens with zero attached hydrogens (tertiary/aromatic N) is 2. The summed E-state index contributed by atoms with van der Waals surface area (Å²) in [6.07, 6.45) is 3.10. The van der Waals surface area contributed by atoms with E-state index >= 15 is 0 Å². The summed E-state index contributed by atoms with van der Waals surface area (Å²) < 4.78 is 5.00. The highest BCUT2D eigenvalue weighted by Gasteiger charge is 2.23. The number of anilines is 1. The van der Waals surface area contributed by atoms with Crippen molar-refractivity contribution >= 4 is 12.0 Å². The van der Waals surface area contributed by atoms with Crippen molar-refractivity contribution in [1.82, 2.24) is 14.9 Å². The topological polar surface area (TPSA) is 87.3 Å². The van der Waals surface area contributed by atoms with Gasteiger partial charge in [-0.1, -0.05) is 13.3 Å². The Bertz CT molecular complexity index is 550. The van der Waals surface area contributed by atoms with Crippen molar-refractivity contribution in [2.75, 3.05) is 25.0 Å². The lowest BCUT2D eigenvalue weighted by molar-refractivity contribution is 0.0983. The fourth-order valence-corrected chi connectivity index (χ4v) is 2.58. The second kappa shape index (κ2) is 7.82. The van der Waals surface area contributed by atoms with E-state index in [0.717, 1.165) is 31.4 Å². The number of likely N-dealkylation sites (tertiary alicyclic amines) is 1. The number of rotatable bonds is 5. The zero-order valence-electron chi connectivity index (χ0n) is 13.2. The van der Waals surface area contributed by atoms with Crippen LogP contribution in [0.25, 0.3) is 0 Å². The number of aromatic nitrogens is 2. The number of aryl methyl sites for hydroxylation is 1. The molecule has 1 fully saturated rings. The first kappa shape index (κ1) is 16.3. The molecule has 22 heavy (non-hydrogen) atoms. The minimum atomic E-state index is -0.252. The Labute approximate surface area is 130 Å². The molecule has 0 spiro atoms. The van der Waals surface area contributed by atoms with Gasteiger partial charge in [0.25, 0.3) is 5.56 Å². The average molecular weight is 308 g/mol. The van der Waals surface area contributed by atoms with Gasteiger partial charge in [0.2, 0.25) is 5.95 Å². The molecule has 2 N–H and O–H groups in total. The third-order valence-corrected chi connectivity index (χ3v) is 3.66. The molecule has 0 saturated carbocycles. The summed E-state index contributed by atoms with van der Waals surface area (Å²) in [6.45, 7) is 5.55. The Kier molecular flexibility index (Phi) is 5.80. The van der Waals surface area contributed by atoms with Crippen LogP contribution in [-0.4, -0.2) is 46.7 Å². The zero-order chi connectivity index (χ0) is 15.9. The van der Waals surface area contributed by atoms with Crippen LogP contribution < -0.4 is 10.9 Å². The molecule has 1 amide bonds. The van der Waals surface area contributed by atoms with E-state index in [2.05, 4.69) is 22.2 Å². The molecule has 1 saturated heterocycles. The maximum absolute atomic E-state index is 11.6. The number of ether oxygens (including phenoxy) is 1. The van der Waals surface area contributed by atoms with Crippen molar-refractivity contribution in [3.8, 4) is 0 Å². The molecule has 2 heterocycles. The van der Waals surface area contributed by atoms with Crippen molar-refractivity contribution in [2.24, 2.45) is 0 Å². The SMILES string of the molecule is CCCc1cc(=O)[nH]c(NC2CCN(C(=O)OCC)CC2)n1. The Hall–Kier alpha value is -2.05. The summed E-state index contributed by atoms with van der Waals surface area (Å²) in [6, 6.07) is 1.74. The summed E-state index contributed by atoms with van der Waals surface area (Å²) in [4.78, 5) is 32.2. The molecular weight excluding hydrogens is 284 g/mol. The van der Waals surface area contributed by atoms with Crippen molar-refractivity contribution in [1.29, 1.82) is 0 Å². The van der Waals surface area contributed by atoms with Crippen LogP contribution in [0, 0.1) is 0 Å². The molecule has 0 radical (unpaired) electrons. The minimum absolute atomic E-state index is 0.134. The first-order valence-corrected chi connectivity index (χ1v) is 7.90. The van der Waals surface area contributed by atoms with Crippen molar-refractivity contribution in [3.05, 3.63) is 22.1 Å². The van der Waals surface area contributed by atoms with Gasteiger partial charge >= 0.3 is 6.09 Å². The highest BCUT2D eigenvalue weighted by atomic mass is 16.6. The van der Waals surface area contributed by atoms with E-state index in [4.69, 9.17) is 4.74 Å². The number of hydrogen-bond donors (Lipinski definition) is 2. The molecule has 1 aromatic heterocycles. The molecule has 7 nitrogen and oxygen atoms in total. The highest BCUT2D eigenvalue weighted by molar-refractivity contribution is 5.67. The highest BCUT2D eigenvalue weighted by Crippen LogP contribution is 2.15. The smallest absolute Gasteiger partial charge is 0.409 e. The summed E-state index contributed by atoms with van der Waals surface area (Å²) in [7, 11) is 0. The first-order chi connectivity index (χ1) is 10.6.